The lowest BCUT2D eigenvalue weighted by atomic mass is 10.2. The molecular formula is C7H15Cl2NO2. The molecule has 0 aliphatic carbocycles. The standard InChI is InChI=1S/C7H15ClNO2.ClH/c1-9(2,3)5-6(10)4-7(8)11;/h6,10H,4-5H2,1-3H3;1H/q+1;/p-1. The number of likely N-dealkylation sites (N-methyl/N-ethyl adjacent to an activating group) is 1. The summed E-state index contributed by atoms with van der Waals surface area (Å²) < 4.78 is 0.630. The highest BCUT2D eigenvalue weighted by Crippen LogP contribution is 2.01. The van der Waals surface area contributed by atoms with Crippen LogP contribution in [0.25, 0.3) is 0 Å². The Morgan fingerprint density at radius 1 is 1.50 bits per heavy atom. The molecule has 0 aromatic heterocycles. The average molecular weight is 216 g/mol. The van der Waals surface area contributed by atoms with E-state index in [9.17, 15) is 9.90 Å². The summed E-state index contributed by atoms with van der Waals surface area (Å²) in [6.45, 7) is 0.540. The molecule has 0 aromatic carbocycles. The molecule has 0 aromatic rings. The molecule has 12 heavy (non-hydrogen) atoms. The SMILES string of the molecule is C[N+](C)(C)CC(O)CC(=O)Cl.[Cl-]. The zero-order valence-electron chi connectivity index (χ0n) is 7.55. The minimum absolute atomic E-state index is 0. The van der Waals surface area contributed by atoms with Crippen LogP contribution >= 0.6 is 11.6 Å². The minimum Gasteiger partial charge on any atom is -1.00 e. The van der Waals surface area contributed by atoms with Crippen LogP contribution in [-0.4, -0.2) is 48.6 Å². The van der Waals surface area contributed by atoms with Gasteiger partial charge in [-0.3, -0.25) is 4.79 Å². The number of rotatable bonds is 4. The molecule has 74 valence electrons. The summed E-state index contributed by atoms with van der Waals surface area (Å²) in [7, 11) is 5.84. The fraction of sp³-hybridized carbons (Fsp3) is 0.857. The predicted molar refractivity (Wildman–Crippen MR) is 44.4 cm³/mol. The highest BCUT2D eigenvalue weighted by atomic mass is 35.5. The van der Waals surface area contributed by atoms with E-state index < -0.39 is 11.3 Å². The van der Waals surface area contributed by atoms with Crippen LogP contribution in [0.15, 0.2) is 0 Å². The minimum atomic E-state index is -0.625. The first-order valence-electron chi connectivity index (χ1n) is 3.48. The van der Waals surface area contributed by atoms with E-state index in [1.54, 1.807) is 0 Å². The molecule has 0 saturated heterocycles. The molecule has 0 aliphatic heterocycles. The van der Waals surface area contributed by atoms with E-state index in [4.69, 9.17) is 11.6 Å². The Hall–Kier alpha value is 0.170. The zero-order chi connectivity index (χ0) is 9.07. The third-order valence-corrected chi connectivity index (χ3v) is 1.31. The first-order chi connectivity index (χ1) is 4.81. The monoisotopic (exact) mass is 215 g/mol. The molecule has 0 heterocycles. The van der Waals surface area contributed by atoms with Gasteiger partial charge in [0.15, 0.2) is 0 Å². The Morgan fingerprint density at radius 2 is 1.92 bits per heavy atom. The van der Waals surface area contributed by atoms with Gasteiger partial charge in [0.1, 0.15) is 12.6 Å². The normalized spacial score (nSPS) is 13.4. The largest absolute Gasteiger partial charge is 1.00 e. The van der Waals surface area contributed by atoms with Crippen molar-refractivity contribution in [3.8, 4) is 0 Å². The summed E-state index contributed by atoms with van der Waals surface area (Å²) in [5, 5.41) is 8.75. The number of nitrogens with zero attached hydrogens (tertiary/aromatic N) is 1. The molecule has 1 atom stereocenters. The van der Waals surface area contributed by atoms with E-state index >= 15 is 0 Å². The van der Waals surface area contributed by atoms with E-state index in [-0.39, 0.29) is 18.8 Å². The van der Waals surface area contributed by atoms with Crippen LogP contribution in [0.5, 0.6) is 0 Å². The summed E-state index contributed by atoms with van der Waals surface area (Å²) >= 11 is 5.10. The van der Waals surface area contributed by atoms with E-state index in [0.29, 0.717) is 11.0 Å². The molecule has 0 amide bonds. The maximum Gasteiger partial charge on any atom is 0.224 e. The lowest BCUT2D eigenvalue weighted by Gasteiger charge is -2.26. The molecule has 1 unspecified atom stereocenters. The molecule has 0 fully saturated rings. The van der Waals surface area contributed by atoms with E-state index in [0.717, 1.165) is 0 Å². The van der Waals surface area contributed by atoms with E-state index in [1.807, 2.05) is 21.1 Å². The molecule has 0 spiro atoms. The van der Waals surface area contributed by atoms with Crippen LogP contribution in [0, 0.1) is 0 Å². The van der Waals surface area contributed by atoms with Crippen molar-refractivity contribution >= 4 is 16.8 Å². The topological polar surface area (TPSA) is 37.3 Å². The predicted octanol–water partition coefficient (Wildman–Crippen LogP) is -2.79. The van der Waals surface area contributed by atoms with Crippen molar-refractivity contribution in [3.05, 3.63) is 0 Å². The zero-order valence-corrected chi connectivity index (χ0v) is 9.06. The number of aliphatic hydroxyl groups is 1. The third kappa shape index (κ3) is 10.2. The second kappa shape index (κ2) is 5.75. The summed E-state index contributed by atoms with van der Waals surface area (Å²) in [6.07, 6.45) is -0.586. The van der Waals surface area contributed by atoms with Crippen LogP contribution in [0.4, 0.5) is 0 Å². The van der Waals surface area contributed by atoms with Crippen molar-refractivity contribution in [1.29, 1.82) is 0 Å². The van der Waals surface area contributed by atoms with Gasteiger partial charge >= 0.3 is 0 Å². The van der Waals surface area contributed by atoms with Gasteiger partial charge in [-0.1, -0.05) is 0 Å². The van der Waals surface area contributed by atoms with Gasteiger partial charge in [0.2, 0.25) is 5.24 Å². The number of halogens is 2. The maximum atomic E-state index is 10.3. The second-order valence-electron chi connectivity index (χ2n) is 3.69. The van der Waals surface area contributed by atoms with E-state index in [1.165, 1.54) is 0 Å². The number of carbonyl (C=O) groups excluding carboxylic acids is 1. The molecule has 3 nitrogen and oxygen atoms in total. The first kappa shape index (κ1) is 14.7. The third-order valence-electron chi connectivity index (χ3n) is 1.15. The van der Waals surface area contributed by atoms with Crippen LogP contribution in [0.1, 0.15) is 6.42 Å². The van der Waals surface area contributed by atoms with E-state index in [2.05, 4.69) is 0 Å². The van der Waals surface area contributed by atoms with Gasteiger partial charge in [-0.15, -0.1) is 0 Å². The van der Waals surface area contributed by atoms with Crippen LogP contribution < -0.4 is 12.4 Å². The number of aliphatic hydroxyl groups excluding tert-OH is 1. The Morgan fingerprint density at radius 3 is 2.17 bits per heavy atom. The number of quaternary nitrogens is 1. The van der Waals surface area contributed by atoms with Crippen LogP contribution in [0.2, 0.25) is 0 Å². The van der Waals surface area contributed by atoms with Gasteiger partial charge in [-0.05, 0) is 11.6 Å². The van der Waals surface area contributed by atoms with Crippen molar-refractivity contribution < 1.29 is 26.8 Å². The quantitative estimate of drug-likeness (QED) is 0.407. The molecule has 0 saturated carbocycles. The molecule has 0 bridgehead atoms. The smallest absolute Gasteiger partial charge is 0.224 e. The molecular weight excluding hydrogens is 201 g/mol. The number of hydrogen-bond acceptors (Lipinski definition) is 2. The van der Waals surface area contributed by atoms with Gasteiger partial charge in [0.05, 0.1) is 27.6 Å². The summed E-state index contributed by atoms with van der Waals surface area (Å²) in [5.74, 6) is 0. The second-order valence-corrected chi connectivity index (χ2v) is 4.11. The Labute approximate surface area is 84.3 Å². The van der Waals surface area contributed by atoms with Gasteiger partial charge in [0, 0.05) is 0 Å². The summed E-state index contributed by atoms with van der Waals surface area (Å²) in [4.78, 5) is 10.3. The number of carbonyl (C=O) groups is 1. The fourth-order valence-electron chi connectivity index (χ4n) is 0.882. The van der Waals surface area contributed by atoms with Crippen LogP contribution in [0.3, 0.4) is 0 Å². The van der Waals surface area contributed by atoms with Crippen molar-refractivity contribution in [2.24, 2.45) is 0 Å². The lowest BCUT2D eigenvalue weighted by Crippen LogP contribution is -3.00. The average Bonchev–Trinajstić information content (AvgIpc) is 1.53. The van der Waals surface area contributed by atoms with Gasteiger partial charge in [-0.2, -0.15) is 0 Å². The Kier molecular flexibility index (Phi) is 7.04. The summed E-state index contributed by atoms with van der Waals surface area (Å²) in [6, 6.07) is 0. The highest BCUT2D eigenvalue weighted by molar-refractivity contribution is 6.63. The van der Waals surface area contributed by atoms with Gasteiger partial charge < -0.3 is 22.0 Å². The van der Waals surface area contributed by atoms with Crippen molar-refractivity contribution in [1.82, 2.24) is 0 Å². The summed E-state index contributed by atoms with van der Waals surface area (Å²) in [5.41, 5.74) is 0. The van der Waals surface area contributed by atoms with Gasteiger partial charge in [-0.25, -0.2) is 0 Å². The molecule has 5 heteroatoms. The van der Waals surface area contributed by atoms with Crippen molar-refractivity contribution in [2.75, 3.05) is 27.7 Å². The molecule has 0 rings (SSSR count). The van der Waals surface area contributed by atoms with Crippen molar-refractivity contribution in [2.45, 2.75) is 12.5 Å². The molecule has 0 aliphatic rings. The first-order valence-corrected chi connectivity index (χ1v) is 3.86. The fourth-order valence-corrected chi connectivity index (χ4v) is 1.06. The lowest BCUT2D eigenvalue weighted by molar-refractivity contribution is -0.873. The number of hydrogen-bond donors (Lipinski definition) is 1. The molecule has 1 N–H and O–H groups in total. The highest BCUT2D eigenvalue weighted by Gasteiger charge is 2.17. The Bertz CT molecular complexity index is 145. The Balaban J connectivity index is 0. The van der Waals surface area contributed by atoms with Crippen LogP contribution in [-0.2, 0) is 4.79 Å². The van der Waals surface area contributed by atoms with Gasteiger partial charge in [0.25, 0.3) is 0 Å². The molecule has 0 radical (unpaired) electrons. The van der Waals surface area contributed by atoms with Crippen molar-refractivity contribution in [3.63, 3.8) is 0 Å². The maximum absolute atomic E-state index is 10.3.